The van der Waals surface area contributed by atoms with Gasteiger partial charge in [0.05, 0.1) is 20.1 Å². The Labute approximate surface area is 94.6 Å². The standard InChI is InChI=1S/C11H19IN/c1-13(5-3-2-4-6-13)11-7-10(12,8-11)9-11/h2-9H2,1H3/q+1. The molecule has 1 heterocycles. The fraction of sp³-hybridized carbons (Fsp3) is 1.00. The highest BCUT2D eigenvalue weighted by atomic mass is 127. The number of likely N-dealkylation sites (tertiary alicyclic amines) is 1. The Kier molecular flexibility index (Phi) is 1.68. The Bertz CT molecular complexity index is 223. The SMILES string of the molecule is C[N+]1(C23CC(I)(C2)C3)CCCCC1. The van der Waals surface area contributed by atoms with Crippen molar-refractivity contribution in [2.75, 3.05) is 20.1 Å². The highest BCUT2D eigenvalue weighted by Gasteiger charge is 2.75. The summed E-state index contributed by atoms with van der Waals surface area (Å²) in [5, 5.41) is 0. The van der Waals surface area contributed by atoms with E-state index in [4.69, 9.17) is 0 Å². The first-order valence-electron chi connectivity index (χ1n) is 5.61. The maximum absolute atomic E-state index is 2.70. The summed E-state index contributed by atoms with van der Waals surface area (Å²) < 4.78 is 2.19. The lowest BCUT2D eigenvalue weighted by atomic mass is 9.47. The zero-order chi connectivity index (χ0) is 9.16. The van der Waals surface area contributed by atoms with Gasteiger partial charge in [-0.15, -0.1) is 0 Å². The molecule has 0 radical (unpaired) electrons. The highest BCUT2D eigenvalue weighted by Crippen LogP contribution is 2.70. The minimum absolute atomic E-state index is 0.760. The summed E-state index contributed by atoms with van der Waals surface area (Å²) in [5.41, 5.74) is 0.765. The van der Waals surface area contributed by atoms with E-state index in [0.29, 0.717) is 0 Å². The molecule has 1 saturated heterocycles. The van der Waals surface area contributed by atoms with E-state index >= 15 is 0 Å². The van der Waals surface area contributed by atoms with Crippen LogP contribution >= 0.6 is 22.6 Å². The van der Waals surface area contributed by atoms with Gasteiger partial charge < -0.3 is 4.48 Å². The Balaban J connectivity index is 1.77. The second kappa shape index (κ2) is 2.43. The fourth-order valence-electron chi connectivity index (χ4n) is 3.87. The molecule has 1 aliphatic heterocycles. The van der Waals surface area contributed by atoms with Crippen LogP contribution in [0.25, 0.3) is 0 Å². The van der Waals surface area contributed by atoms with Crippen molar-refractivity contribution in [2.45, 2.75) is 47.5 Å². The predicted molar refractivity (Wildman–Crippen MR) is 63.1 cm³/mol. The lowest BCUT2D eigenvalue weighted by Gasteiger charge is -2.73. The van der Waals surface area contributed by atoms with Crippen molar-refractivity contribution in [3.05, 3.63) is 0 Å². The van der Waals surface area contributed by atoms with Gasteiger partial charge in [-0.3, -0.25) is 0 Å². The zero-order valence-corrected chi connectivity index (χ0v) is 10.6. The molecule has 2 bridgehead atoms. The van der Waals surface area contributed by atoms with Crippen molar-refractivity contribution in [1.82, 2.24) is 0 Å². The Morgan fingerprint density at radius 3 is 2.00 bits per heavy atom. The summed E-state index contributed by atoms with van der Waals surface area (Å²) in [5.74, 6) is 0. The van der Waals surface area contributed by atoms with E-state index in [0.717, 1.165) is 8.96 Å². The molecule has 13 heavy (non-hydrogen) atoms. The second-order valence-corrected chi connectivity index (χ2v) is 8.10. The molecule has 3 saturated carbocycles. The third-order valence-corrected chi connectivity index (χ3v) is 6.03. The summed E-state index contributed by atoms with van der Waals surface area (Å²) in [6.45, 7) is 2.93. The van der Waals surface area contributed by atoms with E-state index < -0.39 is 0 Å². The average Bonchev–Trinajstić information content (AvgIpc) is 1.98. The lowest BCUT2D eigenvalue weighted by Crippen LogP contribution is -2.82. The monoisotopic (exact) mass is 292 g/mol. The molecule has 74 valence electrons. The molecule has 0 unspecified atom stereocenters. The van der Waals surface area contributed by atoms with E-state index in [1.807, 2.05) is 0 Å². The van der Waals surface area contributed by atoms with Crippen LogP contribution in [0.1, 0.15) is 38.5 Å². The lowest BCUT2D eigenvalue weighted by molar-refractivity contribution is -0.982. The van der Waals surface area contributed by atoms with Crippen molar-refractivity contribution in [1.29, 1.82) is 0 Å². The quantitative estimate of drug-likeness (QED) is 0.396. The number of rotatable bonds is 1. The molecule has 0 spiro atoms. The maximum atomic E-state index is 2.70. The summed E-state index contributed by atoms with van der Waals surface area (Å²) in [4.78, 5) is 0. The first-order chi connectivity index (χ1) is 6.08. The third-order valence-electron chi connectivity index (χ3n) is 4.89. The molecule has 2 heteroatoms. The van der Waals surface area contributed by atoms with Crippen LogP contribution in [-0.4, -0.2) is 33.6 Å². The van der Waals surface area contributed by atoms with Gasteiger partial charge in [0.25, 0.3) is 0 Å². The molecule has 0 aromatic rings. The average molecular weight is 292 g/mol. The number of quaternary nitrogens is 1. The molecule has 0 atom stereocenters. The topological polar surface area (TPSA) is 0 Å². The van der Waals surface area contributed by atoms with Crippen LogP contribution in [0.2, 0.25) is 0 Å². The molecule has 0 N–H and O–H groups in total. The molecule has 0 aromatic carbocycles. The van der Waals surface area contributed by atoms with Gasteiger partial charge in [0.15, 0.2) is 0 Å². The number of halogens is 1. The number of hydrogen-bond acceptors (Lipinski definition) is 0. The Morgan fingerprint density at radius 1 is 1.00 bits per heavy atom. The molecular formula is C11H19IN+. The summed E-state index contributed by atoms with van der Waals surface area (Å²) >= 11 is 2.70. The van der Waals surface area contributed by atoms with Crippen LogP contribution in [0, 0.1) is 0 Å². The van der Waals surface area contributed by atoms with Crippen LogP contribution in [0.5, 0.6) is 0 Å². The van der Waals surface area contributed by atoms with Gasteiger partial charge in [-0.05, 0) is 19.3 Å². The molecular weight excluding hydrogens is 273 g/mol. The van der Waals surface area contributed by atoms with E-state index in [1.54, 1.807) is 0 Å². The van der Waals surface area contributed by atoms with Gasteiger partial charge >= 0.3 is 0 Å². The minimum atomic E-state index is 0.760. The van der Waals surface area contributed by atoms with Crippen LogP contribution in [-0.2, 0) is 0 Å². The number of hydrogen-bond donors (Lipinski definition) is 0. The molecule has 4 rings (SSSR count). The fourth-order valence-corrected chi connectivity index (χ4v) is 6.00. The van der Waals surface area contributed by atoms with Gasteiger partial charge in [0, 0.05) is 22.7 Å². The van der Waals surface area contributed by atoms with E-state index in [9.17, 15) is 0 Å². The van der Waals surface area contributed by atoms with Crippen molar-refractivity contribution in [3.63, 3.8) is 0 Å². The smallest absolute Gasteiger partial charge is 0.103 e. The number of piperidine rings is 1. The zero-order valence-electron chi connectivity index (χ0n) is 8.48. The number of nitrogens with zero attached hydrogens (tertiary/aromatic N) is 1. The second-order valence-electron chi connectivity index (χ2n) is 5.81. The Morgan fingerprint density at radius 2 is 1.54 bits per heavy atom. The van der Waals surface area contributed by atoms with Gasteiger partial charge in [-0.2, -0.15) is 0 Å². The van der Waals surface area contributed by atoms with Crippen LogP contribution in [0.4, 0.5) is 0 Å². The molecule has 1 nitrogen and oxygen atoms in total. The van der Waals surface area contributed by atoms with Gasteiger partial charge in [-0.1, -0.05) is 22.6 Å². The largest absolute Gasteiger partial charge is 0.321 e. The Hall–Kier alpha value is 0.690. The van der Waals surface area contributed by atoms with Crippen LogP contribution in [0.15, 0.2) is 0 Å². The third kappa shape index (κ3) is 1.02. The van der Waals surface area contributed by atoms with Crippen molar-refractivity contribution in [2.24, 2.45) is 0 Å². The van der Waals surface area contributed by atoms with Crippen molar-refractivity contribution < 1.29 is 4.48 Å². The highest BCUT2D eigenvalue weighted by molar-refractivity contribution is 14.1. The van der Waals surface area contributed by atoms with Crippen molar-refractivity contribution in [3.8, 4) is 0 Å². The summed E-state index contributed by atoms with van der Waals surface area (Å²) in [7, 11) is 2.52. The molecule has 0 amide bonds. The van der Waals surface area contributed by atoms with Gasteiger partial charge in [-0.25, -0.2) is 0 Å². The molecule has 3 aliphatic carbocycles. The summed E-state index contributed by atoms with van der Waals surface area (Å²) in [6, 6.07) is 0. The van der Waals surface area contributed by atoms with E-state index in [-0.39, 0.29) is 0 Å². The van der Waals surface area contributed by atoms with Crippen molar-refractivity contribution >= 4 is 22.6 Å². The first kappa shape index (κ1) is 8.96. The molecule has 0 aromatic heterocycles. The first-order valence-corrected chi connectivity index (χ1v) is 6.69. The maximum Gasteiger partial charge on any atom is 0.103 e. The van der Waals surface area contributed by atoms with E-state index in [1.165, 1.54) is 56.1 Å². The molecule has 4 aliphatic rings. The van der Waals surface area contributed by atoms with Gasteiger partial charge in [0.2, 0.25) is 0 Å². The number of alkyl halides is 1. The van der Waals surface area contributed by atoms with E-state index in [2.05, 4.69) is 29.6 Å². The van der Waals surface area contributed by atoms with Crippen LogP contribution in [0.3, 0.4) is 0 Å². The predicted octanol–water partition coefficient (Wildman–Crippen LogP) is 2.73. The van der Waals surface area contributed by atoms with Crippen LogP contribution < -0.4 is 0 Å². The van der Waals surface area contributed by atoms with Gasteiger partial charge in [0.1, 0.15) is 5.54 Å². The molecule has 4 fully saturated rings. The normalized spacial score (nSPS) is 52.2. The minimum Gasteiger partial charge on any atom is -0.321 e. The summed E-state index contributed by atoms with van der Waals surface area (Å²) in [6.07, 6.45) is 9.02.